The maximum Gasteiger partial charge on any atom is 0.329 e. The van der Waals surface area contributed by atoms with Gasteiger partial charge in [0.15, 0.2) is 5.82 Å². The van der Waals surface area contributed by atoms with E-state index in [1.54, 1.807) is 56.9 Å². The van der Waals surface area contributed by atoms with Gasteiger partial charge >= 0.3 is 7.60 Å². The van der Waals surface area contributed by atoms with Gasteiger partial charge in [0.05, 0.1) is 29.9 Å². The smallest absolute Gasteiger partial charge is 0.329 e. The van der Waals surface area contributed by atoms with E-state index in [-0.39, 0.29) is 55.9 Å². The molecule has 15 heteroatoms. The van der Waals surface area contributed by atoms with E-state index in [1.807, 2.05) is 6.07 Å². The first kappa shape index (κ1) is 32.0. The van der Waals surface area contributed by atoms with E-state index in [9.17, 15) is 18.9 Å². The van der Waals surface area contributed by atoms with E-state index in [2.05, 4.69) is 15.1 Å². The highest BCUT2D eigenvalue weighted by Crippen LogP contribution is 2.48. The number of amides is 2. The van der Waals surface area contributed by atoms with Crippen LogP contribution >= 0.6 is 7.60 Å². The van der Waals surface area contributed by atoms with Gasteiger partial charge in [-0.25, -0.2) is 14.6 Å². The third-order valence-corrected chi connectivity index (χ3v) is 8.53. The predicted molar refractivity (Wildman–Crippen MR) is 165 cm³/mol. The zero-order valence-electron chi connectivity index (χ0n) is 26.1. The fourth-order valence-electron chi connectivity index (χ4n) is 5.16. The van der Waals surface area contributed by atoms with Crippen molar-refractivity contribution in [1.82, 2.24) is 34.1 Å². The minimum atomic E-state index is -3.55. The molecular formula is C30H36N7O7P. The number of aromatic nitrogens is 5. The number of rotatable bonds is 9. The van der Waals surface area contributed by atoms with Crippen LogP contribution in [-0.2, 0) is 25.1 Å². The molecule has 1 saturated heterocycles. The van der Waals surface area contributed by atoms with Crippen LogP contribution in [0.15, 0.2) is 49.1 Å². The molecule has 5 rings (SSSR count). The monoisotopic (exact) mass is 637 g/mol. The van der Waals surface area contributed by atoms with Crippen molar-refractivity contribution < 1.29 is 32.7 Å². The molecule has 1 aromatic carbocycles. The second-order valence-corrected chi connectivity index (χ2v) is 13.6. The molecule has 0 aliphatic carbocycles. The number of hydrogen-bond acceptors (Lipinski definition) is 10. The number of pyridine rings is 1. The second kappa shape index (κ2) is 12.5. The molecule has 3 aromatic heterocycles. The molecule has 0 N–H and O–H groups in total. The van der Waals surface area contributed by atoms with Gasteiger partial charge in [0.25, 0.3) is 17.6 Å². The van der Waals surface area contributed by atoms with Gasteiger partial charge in [-0.2, -0.15) is 5.10 Å². The lowest BCUT2D eigenvalue weighted by atomic mass is 10.1. The number of ketones is 1. The van der Waals surface area contributed by atoms with Crippen molar-refractivity contribution in [3.63, 3.8) is 0 Å². The number of Topliss-reactive ketones (excluding diaryl/α,β-unsaturated/α-hetero) is 1. The Bertz CT molecular complexity index is 1790. The highest BCUT2D eigenvalue weighted by molar-refractivity contribution is 7.53. The van der Waals surface area contributed by atoms with Gasteiger partial charge in [0.2, 0.25) is 0 Å². The van der Waals surface area contributed by atoms with Crippen LogP contribution in [-0.4, -0.2) is 97.3 Å². The number of carbonyl (C=O) groups excluding carboxylic acids is 3. The molecule has 4 aromatic rings. The summed E-state index contributed by atoms with van der Waals surface area (Å²) in [5.41, 5.74) is 0.221. The molecule has 0 bridgehead atoms. The van der Waals surface area contributed by atoms with Gasteiger partial charge in [-0.05, 0) is 39.8 Å². The van der Waals surface area contributed by atoms with Gasteiger partial charge in [-0.15, -0.1) is 0 Å². The summed E-state index contributed by atoms with van der Waals surface area (Å²) in [6.45, 7) is 9.02. The van der Waals surface area contributed by atoms with E-state index in [0.29, 0.717) is 22.3 Å². The van der Waals surface area contributed by atoms with Crippen molar-refractivity contribution in [2.45, 2.75) is 40.0 Å². The highest BCUT2D eigenvalue weighted by Gasteiger charge is 2.33. The quantitative estimate of drug-likeness (QED) is 0.151. The van der Waals surface area contributed by atoms with Crippen LogP contribution in [0.2, 0.25) is 0 Å². The van der Waals surface area contributed by atoms with Crippen molar-refractivity contribution in [2.24, 2.45) is 0 Å². The van der Waals surface area contributed by atoms with Crippen molar-refractivity contribution in [1.29, 1.82) is 0 Å². The molecule has 1 fully saturated rings. The highest BCUT2D eigenvalue weighted by atomic mass is 31.2. The SMILES string of the molecule is COc1cnc(-n2cnc(C)n2)c2c1c(C(=O)C(=O)N1CCN(C(=O)c3ccccc3)CC1)cn2COP(C)(=O)OC(C)(C)C. The van der Waals surface area contributed by atoms with Crippen molar-refractivity contribution in [3.8, 4) is 11.6 Å². The number of carbonyl (C=O) groups is 3. The fourth-order valence-corrected chi connectivity index (χ4v) is 6.54. The molecule has 1 aliphatic heterocycles. The summed E-state index contributed by atoms with van der Waals surface area (Å²) in [6, 6.07) is 8.91. The van der Waals surface area contributed by atoms with Crippen LogP contribution in [0.4, 0.5) is 0 Å². The lowest BCUT2D eigenvalue weighted by molar-refractivity contribution is -0.127. The lowest BCUT2D eigenvalue weighted by Crippen LogP contribution is -2.52. The number of fused-ring (bicyclic) bond motifs is 1. The summed E-state index contributed by atoms with van der Waals surface area (Å²) in [4.78, 5) is 52.2. The third-order valence-electron chi connectivity index (χ3n) is 7.07. The van der Waals surface area contributed by atoms with E-state index in [0.717, 1.165) is 0 Å². The normalized spacial score (nSPS) is 15.2. The van der Waals surface area contributed by atoms with Gasteiger partial charge in [0.1, 0.15) is 30.1 Å². The van der Waals surface area contributed by atoms with E-state index >= 15 is 0 Å². The largest absolute Gasteiger partial charge is 0.494 e. The molecule has 238 valence electrons. The molecule has 1 aliphatic rings. The Morgan fingerprint density at radius 3 is 2.27 bits per heavy atom. The number of piperazine rings is 1. The summed E-state index contributed by atoms with van der Waals surface area (Å²) in [5.74, 6) is -0.618. The van der Waals surface area contributed by atoms with E-state index in [4.69, 9.17) is 13.8 Å². The number of nitrogens with zero attached hydrogens (tertiary/aromatic N) is 7. The topological polar surface area (TPSA) is 151 Å². The number of aryl methyl sites for hydroxylation is 1. The second-order valence-electron chi connectivity index (χ2n) is 11.6. The van der Waals surface area contributed by atoms with Crippen molar-refractivity contribution in [3.05, 3.63) is 66.0 Å². The Morgan fingerprint density at radius 2 is 1.67 bits per heavy atom. The maximum absolute atomic E-state index is 13.9. The van der Waals surface area contributed by atoms with Crippen LogP contribution < -0.4 is 4.74 Å². The maximum atomic E-state index is 13.9. The minimum absolute atomic E-state index is 0.0430. The van der Waals surface area contributed by atoms with Crippen molar-refractivity contribution >= 4 is 36.1 Å². The summed E-state index contributed by atoms with van der Waals surface area (Å²) < 4.78 is 33.1. The Labute approximate surface area is 260 Å². The minimum Gasteiger partial charge on any atom is -0.494 e. The molecule has 4 heterocycles. The summed E-state index contributed by atoms with van der Waals surface area (Å²) >= 11 is 0. The molecule has 0 spiro atoms. The molecule has 1 unspecified atom stereocenters. The molecule has 1 atom stereocenters. The first-order valence-electron chi connectivity index (χ1n) is 14.3. The van der Waals surface area contributed by atoms with Gasteiger partial charge in [0, 0.05) is 44.6 Å². The molecule has 14 nitrogen and oxygen atoms in total. The zero-order valence-corrected chi connectivity index (χ0v) is 27.0. The Hall–Kier alpha value is -4.39. The van der Waals surface area contributed by atoms with E-state index < -0.39 is 24.9 Å². The fraction of sp³-hybridized carbons (Fsp3) is 0.400. The number of hydrogen-bond donors (Lipinski definition) is 0. The van der Waals surface area contributed by atoms with E-state index in [1.165, 1.54) is 46.6 Å². The average Bonchev–Trinajstić information content (AvgIpc) is 3.62. The predicted octanol–water partition coefficient (Wildman–Crippen LogP) is 3.71. The number of ether oxygens (including phenoxy) is 1. The first-order chi connectivity index (χ1) is 21.3. The Morgan fingerprint density at radius 1 is 1.00 bits per heavy atom. The molecular weight excluding hydrogens is 601 g/mol. The van der Waals surface area contributed by atoms with Gasteiger partial charge in [-0.1, -0.05) is 18.2 Å². The Balaban J connectivity index is 1.48. The number of benzene rings is 1. The number of methoxy groups -OCH3 is 1. The molecule has 45 heavy (non-hydrogen) atoms. The third kappa shape index (κ3) is 6.98. The summed E-state index contributed by atoms with van der Waals surface area (Å²) in [7, 11) is -2.12. The molecule has 0 saturated carbocycles. The summed E-state index contributed by atoms with van der Waals surface area (Å²) in [5, 5.41) is 4.67. The van der Waals surface area contributed by atoms with Crippen LogP contribution in [0.3, 0.4) is 0 Å². The van der Waals surface area contributed by atoms with Gasteiger partial charge < -0.3 is 23.6 Å². The molecule has 2 amide bonds. The Kier molecular flexibility index (Phi) is 8.92. The van der Waals surface area contributed by atoms with Crippen LogP contribution in [0.25, 0.3) is 16.7 Å². The average molecular weight is 638 g/mol. The molecule has 0 radical (unpaired) electrons. The first-order valence-corrected chi connectivity index (χ1v) is 16.3. The zero-order chi connectivity index (χ0) is 32.5. The summed E-state index contributed by atoms with van der Waals surface area (Å²) in [6.07, 6.45) is 4.36. The van der Waals surface area contributed by atoms with Crippen LogP contribution in [0, 0.1) is 6.92 Å². The van der Waals surface area contributed by atoms with Crippen LogP contribution in [0.5, 0.6) is 5.75 Å². The standard InChI is InChI=1S/C30H36N7O7P/c1-20-32-18-37(33-20)27-25-24(23(42-5)16-31-27)22(17-36(25)19-43-45(6,41)44-30(2,3)4)26(38)29(40)35-14-12-34(13-15-35)28(39)21-10-8-7-9-11-21/h7-11,16-18H,12-15,19H2,1-6H3. The van der Waals surface area contributed by atoms with Gasteiger partial charge in [-0.3, -0.25) is 23.5 Å². The van der Waals surface area contributed by atoms with Crippen molar-refractivity contribution in [2.75, 3.05) is 40.0 Å². The lowest BCUT2D eigenvalue weighted by Gasteiger charge is -2.34. The van der Waals surface area contributed by atoms with Crippen LogP contribution in [0.1, 0.15) is 47.3 Å².